The molecule has 0 unspecified atom stereocenters. The molecule has 0 fully saturated rings. The van der Waals surface area contributed by atoms with Crippen molar-refractivity contribution in [1.82, 2.24) is 4.98 Å². The molecule has 0 amide bonds. The van der Waals surface area contributed by atoms with Crippen LogP contribution >= 0.6 is 10.0 Å². The first-order valence-corrected chi connectivity index (χ1v) is 13.5. The summed E-state index contributed by atoms with van der Waals surface area (Å²) in [5.41, 5.74) is 7.85. The molecular weight excluding hydrogens is 396 g/mol. The van der Waals surface area contributed by atoms with Crippen molar-refractivity contribution in [2.45, 2.75) is 69.1 Å². The van der Waals surface area contributed by atoms with Crippen LogP contribution in [0.4, 0.5) is 17.1 Å². The Kier molecular flexibility index (Phi) is 5.05. The second-order valence-corrected chi connectivity index (χ2v) is 14.7. The molecular formula is C28H36N2S. The Hall–Kier alpha value is -2.26. The lowest BCUT2D eigenvalue weighted by molar-refractivity contribution is 0.588. The highest BCUT2D eigenvalue weighted by atomic mass is 32.3. The van der Waals surface area contributed by atoms with E-state index in [-0.39, 0.29) is 10.8 Å². The van der Waals surface area contributed by atoms with E-state index in [1.165, 1.54) is 38.0 Å². The minimum absolute atomic E-state index is 0.121. The van der Waals surface area contributed by atoms with Gasteiger partial charge in [-0.25, -0.2) is 0 Å². The van der Waals surface area contributed by atoms with E-state index in [0.717, 1.165) is 5.69 Å². The summed E-state index contributed by atoms with van der Waals surface area (Å²) >= 11 is 0. The third-order valence-electron chi connectivity index (χ3n) is 6.37. The van der Waals surface area contributed by atoms with Crippen molar-refractivity contribution >= 4 is 27.1 Å². The topological polar surface area (TPSA) is 16.1 Å². The van der Waals surface area contributed by atoms with Gasteiger partial charge in [0.25, 0.3) is 0 Å². The van der Waals surface area contributed by atoms with Crippen molar-refractivity contribution in [2.75, 3.05) is 17.4 Å². The first-order chi connectivity index (χ1) is 14.3. The van der Waals surface area contributed by atoms with Crippen LogP contribution in [-0.4, -0.2) is 17.5 Å². The molecule has 2 aromatic carbocycles. The van der Waals surface area contributed by atoms with Crippen LogP contribution in [0.5, 0.6) is 0 Å². The van der Waals surface area contributed by atoms with Crippen LogP contribution in [0.1, 0.15) is 58.4 Å². The fourth-order valence-corrected chi connectivity index (χ4v) is 6.79. The second kappa shape index (κ2) is 7.13. The SMILES string of the molecule is Cc1cc(N2c3ccc(C(C)(C)C)cc3S(C)(C)c3cc(C(C)(C)C)ccc32)ccn1. The third kappa shape index (κ3) is 3.78. The maximum atomic E-state index is 4.45. The predicted molar refractivity (Wildman–Crippen MR) is 137 cm³/mol. The standard InChI is InChI=1S/C28H36N2S/c1-19-16-22(14-15-29-19)30-23-12-10-20(27(2,3)4)17-25(23)31(8,9)26-18-21(28(5,6)7)11-13-24(26)30/h10-18H,1-9H3. The zero-order valence-corrected chi connectivity index (χ0v) is 21.3. The summed E-state index contributed by atoms with van der Waals surface area (Å²) in [6, 6.07) is 18.5. The molecule has 0 radical (unpaired) electrons. The number of aromatic nitrogens is 1. The lowest BCUT2D eigenvalue weighted by Crippen LogP contribution is -2.23. The Labute approximate surface area is 190 Å². The van der Waals surface area contributed by atoms with Gasteiger partial charge in [-0.2, -0.15) is 10.0 Å². The summed E-state index contributed by atoms with van der Waals surface area (Å²) in [6.45, 7) is 15.9. The van der Waals surface area contributed by atoms with E-state index in [0.29, 0.717) is 0 Å². The first kappa shape index (κ1) is 22.0. The lowest BCUT2D eigenvalue weighted by Gasteiger charge is -2.46. The molecule has 0 saturated carbocycles. The largest absolute Gasteiger partial charge is 0.308 e. The zero-order valence-electron chi connectivity index (χ0n) is 20.5. The van der Waals surface area contributed by atoms with Gasteiger partial charge in [0.15, 0.2) is 0 Å². The minimum atomic E-state index is -1.18. The highest BCUT2D eigenvalue weighted by Crippen LogP contribution is 2.68. The molecule has 31 heavy (non-hydrogen) atoms. The molecule has 3 heteroatoms. The van der Waals surface area contributed by atoms with Crippen molar-refractivity contribution in [3.05, 3.63) is 71.5 Å². The number of rotatable bonds is 1. The molecule has 0 spiro atoms. The Balaban J connectivity index is 2.05. The molecule has 0 aliphatic carbocycles. The summed E-state index contributed by atoms with van der Waals surface area (Å²) < 4.78 is 0. The lowest BCUT2D eigenvalue weighted by atomic mass is 9.86. The van der Waals surface area contributed by atoms with Crippen LogP contribution in [0.3, 0.4) is 0 Å². The highest BCUT2D eigenvalue weighted by molar-refractivity contribution is 8.33. The summed E-state index contributed by atoms with van der Waals surface area (Å²) in [4.78, 5) is 9.82. The number of anilines is 3. The van der Waals surface area contributed by atoms with E-state index in [2.05, 4.69) is 119 Å². The molecule has 2 heterocycles. The van der Waals surface area contributed by atoms with Crippen molar-refractivity contribution in [3.8, 4) is 0 Å². The average Bonchev–Trinajstić information content (AvgIpc) is 2.66. The van der Waals surface area contributed by atoms with Gasteiger partial charge in [-0.05, 0) is 77.8 Å². The van der Waals surface area contributed by atoms with Gasteiger partial charge in [-0.1, -0.05) is 53.7 Å². The Morgan fingerprint density at radius 1 is 0.710 bits per heavy atom. The van der Waals surface area contributed by atoms with Gasteiger partial charge in [0, 0.05) is 27.4 Å². The number of hydrogen-bond acceptors (Lipinski definition) is 2. The van der Waals surface area contributed by atoms with Gasteiger partial charge in [-0.15, -0.1) is 0 Å². The van der Waals surface area contributed by atoms with Crippen molar-refractivity contribution in [1.29, 1.82) is 0 Å². The molecule has 0 bridgehead atoms. The molecule has 4 rings (SSSR count). The monoisotopic (exact) mass is 432 g/mol. The van der Waals surface area contributed by atoms with Crippen LogP contribution in [0.2, 0.25) is 0 Å². The number of aryl methyl sites for hydroxylation is 1. The molecule has 2 nitrogen and oxygen atoms in total. The van der Waals surface area contributed by atoms with Crippen LogP contribution in [0.15, 0.2) is 64.5 Å². The predicted octanol–water partition coefficient (Wildman–Crippen LogP) is 8.25. The number of fused-ring (bicyclic) bond motifs is 2. The average molecular weight is 433 g/mol. The van der Waals surface area contributed by atoms with Gasteiger partial charge < -0.3 is 4.90 Å². The molecule has 1 aliphatic rings. The maximum Gasteiger partial charge on any atom is 0.0586 e. The van der Waals surface area contributed by atoms with Gasteiger partial charge in [0.2, 0.25) is 0 Å². The molecule has 1 aromatic heterocycles. The smallest absolute Gasteiger partial charge is 0.0586 e. The summed E-state index contributed by atoms with van der Waals surface area (Å²) in [6.07, 6.45) is 6.83. The Morgan fingerprint density at radius 2 is 1.19 bits per heavy atom. The van der Waals surface area contributed by atoms with E-state index in [4.69, 9.17) is 0 Å². The van der Waals surface area contributed by atoms with E-state index in [9.17, 15) is 0 Å². The maximum absolute atomic E-state index is 4.45. The molecule has 0 atom stereocenters. The van der Waals surface area contributed by atoms with E-state index in [1.54, 1.807) is 0 Å². The third-order valence-corrected chi connectivity index (χ3v) is 9.22. The fraction of sp³-hybridized carbons (Fsp3) is 0.393. The zero-order chi connectivity index (χ0) is 22.8. The number of hydrogen-bond donors (Lipinski definition) is 0. The first-order valence-electron chi connectivity index (χ1n) is 11.1. The molecule has 164 valence electrons. The summed E-state index contributed by atoms with van der Waals surface area (Å²) in [7, 11) is -1.18. The van der Waals surface area contributed by atoms with Crippen LogP contribution in [0.25, 0.3) is 0 Å². The van der Waals surface area contributed by atoms with Gasteiger partial charge in [0.05, 0.1) is 11.4 Å². The fourth-order valence-electron chi connectivity index (χ4n) is 4.34. The van der Waals surface area contributed by atoms with Crippen molar-refractivity contribution in [2.24, 2.45) is 0 Å². The van der Waals surface area contributed by atoms with E-state index in [1.807, 2.05) is 6.20 Å². The van der Waals surface area contributed by atoms with Crippen LogP contribution < -0.4 is 4.90 Å². The van der Waals surface area contributed by atoms with Gasteiger partial charge in [-0.3, -0.25) is 4.98 Å². The Morgan fingerprint density at radius 3 is 1.61 bits per heavy atom. The van der Waals surface area contributed by atoms with Crippen molar-refractivity contribution in [3.63, 3.8) is 0 Å². The van der Waals surface area contributed by atoms with E-state index < -0.39 is 10.0 Å². The number of benzene rings is 2. The molecule has 0 N–H and O–H groups in total. The molecule has 0 saturated heterocycles. The summed E-state index contributed by atoms with van der Waals surface area (Å²) in [5.74, 6) is 0. The molecule has 1 aliphatic heterocycles. The Bertz CT molecular complexity index is 1080. The number of nitrogens with zero attached hydrogens (tertiary/aromatic N) is 2. The van der Waals surface area contributed by atoms with Crippen LogP contribution in [-0.2, 0) is 10.8 Å². The normalized spacial score (nSPS) is 16.5. The second-order valence-electron chi connectivity index (χ2n) is 11.2. The highest BCUT2D eigenvalue weighted by Gasteiger charge is 2.35. The summed E-state index contributed by atoms with van der Waals surface area (Å²) in [5, 5.41) is 0. The number of pyridine rings is 1. The van der Waals surface area contributed by atoms with Crippen molar-refractivity contribution < 1.29 is 0 Å². The van der Waals surface area contributed by atoms with E-state index >= 15 is 0 Å². The minimum Gasteiger partial charge on any atom is -0.308 e. The van der Waals surface area contributed by atoms with Gasteiger partial charge in [0.1, 0.15) is 0 Å². The molecule has 3 aromatic rings. The van der Waals surface area contributed by atoms with Crippen LogP contribution in [0, 0.1) is 6.92 Å². The van der Waals surface area contributed by atoms with Gasteiger partial charge >= 0.3 is 0 Å². The quantitative estimate of drug-likeness (QED) is 0.385.